The Kier molecular flexibility index (Phi) is 9.37. The van der Waals surface area contributed by atoms with Crippen LogP contribution in [-0.2, 0) is 16.1 Å². The van der Waals surface area contributed by atoms with Gasteiger partial charge >= 0.3 is 6.36 Å². The van der Waals surface area contributed by atoms with Crippen molar-refractivity contribution in [3.63, 3.8) is 0 Å². The van der Waals surface area contributed by atoms with Crippen LogP contribution in [0.4, 0.5) is 18.9 Å². The van der Waals surface area contributed by atoms with Gasteiger partial charge in [-0.2, -0.15) is 0 Å². The van der Waals surface area contributed by atoms with E-state index in [1.54, 1.807) is 37.4 Å². The molecule has 1 fully saturated rings. The minimum atomic E-state index is -4.89. The molecule has 0 aliphatic heterocycles. The number of nitrogens with zero attached hydrogens (tertiary/aromatic N) is 3. The third kappa shape index (κ3) is 8.40. The first-order chi connectivity index (χ1) is 17.5. The molecule has 0 atom stereocenters. The smallest absolute Gasteiger partial charge is 0.405 e. The third-order valence-electron chi connectivity index (χ3n) is 6.44. The molecular weight excluding hydrogens is 487 g/mol. The number of amides is 2. The molecule has 2 aromatic carbocycles. The van der Waals surface area contributed by atoms with Crippen LogP contribution >= 0.6 is 0 Å². The first kappa shape index (κ1) is 27.8. The average molecular weight is 520 g/mol. The number of rotatable bonds is 9. The lowest BCUT2D eigenvalue weighted by Crippen LogP contribution is -2.44. The summed E-state index contributed by atoms with van der Waals surface area (Å²) in [5.74, 6) is -1.15. The number of carbonyl (C=O) groups excluding carboxylic acids is 2. The Balaban J connectivity index is 1.79. The van der Waals surface area contributed by atoms with E-state index in [1.807, 2.05) is 6.07 Å². The summed E-state index contributed by atoms with van der Waals surface area (Å²) in [5.41, 5.74) is 11.6. The van der Waals surface area contributed by atoms with Gasteiger partial charge in [-0.1, -0.05) is 36.4 Å². The van der Waals surface area contributed by atoms with Gasteiger partial charge in [0.25, 0.3) is 0 Å². The standard InChI is InChI=1S/C26H32F3N5O3/c1-33(21-8-3-2-4-9-21)23(35)17-34(16-20-7-5-6-10-22(20)37-26(27,28)29)24(36)19-13-11-18(12-14-19)15-32-25(30)31/h2-10,18-19H,11-17H2,1H3,(H4,30,31,32). The van der Waals surface area contributed by atoms with Crippen LogP contribution in [0.3, 0.4) is 0 Å². The molecule has 0 spiro atoms. The molecule has 8 nitrogen and oxygen atoms in total. The van der Waals surface area contributed by atoms with Crippen LogP contribution < -0.4 is 21.1 Å². The number of para-hydroxylation sites is 2. The highest BCUT2D eigenvalue weighted by Crippen LogP contribution is 2.32. The predicted molar refractivity (Wildman–Crippen MR) is 135 cm³/mol. The molecule has 2 aromatic rings. The Morgan fingerprint density at radius 2 is 1.62 bits per heavy atom. The number of anilines is 1. The molecule has 11 heteroatoms. The van der Waals surface area contributed by atoms with Crippen molar-refractivity contribution in [3.8, 4) is 5.75 Å². The number of nitrogens with two attached hydrogens (primary N) is 2. The van der Waals surface area contributed by atoms with Gasteiger partial charge < -0.3 is 26.0 Å². The maximum Gasteiger partial charge on any atom is 0.573 e. The highest BCUT2D eigenvalue weighted by Gasteiger charge is 2.34. The number of benzene rings is 2. The van der Waals surface area contributed by atoms with E-state index in [0.29, 0.717) is 25.1 Å². The molecular formula is C26H32F3N5O3. The summed E-state index contributed by atoms with van der Waals surface area (Å²) in [7, 11) is 1.59. The zero-order chi connectivity index (χ0) is 27.0. The molecule has 37 heavy (non-hydrogen) atoms. The number of guanidine groups is 1. The van der Waals surface area contributed by atoms with Crippen LogP contribution in [0.25, 0.3) is 0 Å². The van der Waals surface area contributed by atoms with Crippen molar-refractivity contribution < 1.29 is 27.5 Å². The second-order valence-electron chi connectivity index (χ2n) is 9.12. The fourth-order valence-electron chi connectivity index (χ4n) is 4.43. The first-order valence-electron chi connectivity index (χ1n) is 12.0. The van der Waals surface area contributed by atoms with E-state index in [0.717, 1.165) is 12.8 Å². The molecule has 200 valence electrons. The molecule has 2 amide bonds. The van der Waals surface area contributed by atoms with E-state index in [9.17, 15) is 22.8 Å². The fourth-order valence-corrected chi connectivity index (χ4v) is 4.43. The largest absolute Gasteiger partial charge is 0.573 e. The summed E-state index contributed by atoms with van der Waals surface area (Å²) in [6.07, 6.45) is -2.28. The lowest BCUT2D eigenvalue weighted by molar-refractivity contribution is -0.275. The first-order valence-corrected chi connectivity index (χ1v) is 12.0. The van der Waals surface area contributed by atoms with E-state index in [1.165, 1.54) is 28.0 Å². The summed E-state index contributed by atoms with van der Waals surface area (Å²) >= 11 is 0. The third-order valence-corrected chi connectivity index (χ3v) is 6.44. The number of carbonyl (C=O) groups is 2. The molecule has 4 N–H and O–H groups in total. The summed E-state index contributed by atoms with van der Waals surface area (Å²) in [4.78, 5) is 33.5. The lowest BCUT2D eigenvalue weighted by Gasteiger charge is -2.32. The van der Waals surface area contributed by atoms with Gasteiger partial charge in [-0.15, -0.1) is 13.2 Å². The lowest BCUT2D eigenvalue weighted by atomic mass is 9.81. The molecule has 0 aromatic heterocycles. The van der Waals surface area contributed by atoms with Crippen LogP contribution in [0.1, 0.15) is 31.2 Å². The van der Waals surface area contributed by atoms with Crippen LogP contribution in [0.2, 0.25) is 0 Å². The van der Waals surface area contributed by atoms with Crippen molar-refractivity contribution in [2.24, 2.45) is 28.3 Å². The molecule has 0 unspecified atom stereocenters. The van der Waals surface area contributed by atoms with Crippen molar-refractivity contribution in [1.82, 2.24) is 4.90 Å². The quantitative estimate of drug-likeness (QED) is 0.388. The Labute approximate surface area is 214 Å². The van der Waals surface area contributed by atoms with E-state index in [2.05, 4.69) is 9.73 Å². The number of likely N-dealkylation sites (N-methyl/N-ethyl adjacent to an activating group) is 1. The van der Waals surface area contributed by atoms with Crippen LogP contribution in [-0.4, -0.2) is 49.2 Å². The summed E-state index contributed by atoms with van der Waals surface area (Å²) in [5, 5.41) is 0. The van der Waals surface area contributed by atoms with E-state index in [4.69, 9.17) is 11.5 Å². The van der Waals surface area contributed by atoms with Gasteiger partial charge in [0.15, 0.2) is 5.96 Å². The topological polar surface area (TPSA) is 114 Å². The van der Waals surface area contributed by atoms with Crippen LogP contribution in [0.15, 0.2) is 59.6 Å². The van der Waals surface area contributed by atoms with Crippen molar-refractivity contribution >= 4 is 23.5 Å². The highest BCUT2D eigenvalue weighted by molar-refractivity contribution is 5.96. The molecule has 0 heterocycles. The van der Waals surface area contributed by atoms with Crippen molar-refractivity contribution in [2.45, 2.75) is 38.6 Å². The van der Waals surface area contributed by atoms with Gasteiger partial charge in [-0.05, 0) is 49.8 Å². The maximum absolute atomic E-state index is 13.6. The minimum absolute atomic E-state index is 0.0187. The van der Waals surface area contributed by atoms with E-state index in [-0.39, 0.29) is 48.3 Å². The Morgan fingerprint density at radius 3 is 2.24 bits per heavy atom. The second-order valence-corrected chi connectivity index (χ2v) is 9.12. The summed E-state index contributed by atoms with van der Waals surface area (Å²) < 4.78 is 43.1. The Hall–Kier alpha value is -3.76. The van der Waals surface area contributed by atoms with Gasteiger partial charge in [0.1, 0.15) is 12.3 Å². The normalized spacial score (nSPS) is 17.5. The molecule has 1 aliphatic carbocycles. The SMILES string of the molecule is CN(C(=O)CN(Cc1ccccc1OC(F)(F)F)C(=O)C1CCC(CN=C(N)N)CC1)c1ccccc1. The molecule has 0 saturated heterocycles. The number of ether oxygens (including phenoxy) is 1. The van der Waals surface area contributed by atoms with Gasteiger partial charge in [-0.3, -0.25) is 14.6 Å². The number of halogens is 3. The molecule has 0 radical (unpaired) electrons. The van der Waals surface area contributed by atoms with Crippen LogP contribution in [0, 0.1) is 11.8 Å². The number of hydrogen-bond acceptors (Lipinski definition) is 4. The van der Waals surface area contributed by atoms with E-state index < -0.39 is 12.1 Å². The molecule has 3 rings (SSSR count). The number of hydrogen-bond donors (Lipinski definition) is 2. The van der Waals surface area contributed by atoms with Gasteiger partial charge in [-0.25, -0.2) is 0 Å². The van der Waals surface area contributed by atoms with E-state index >= 15 is 0 Å². The van der Waals surface area contributed by atoms with Gasteiger partial charge in [0.2, 0.25) is 11.8 Å². The molecule has 1 aliphatic rings. The monoisotopic (exact) mass is 519 g/mol. The molecule has 1 saturated carbocycles. The van der Waals surface area contributed by atoms with Gasteiger partial charge in [0, 0.05) is 37.3 Å². The minimum Gasteiger partial charge on any atom is -0.405 e. The zero-order valence-corrected chi connectivity index (χ0v) is 20.7. The second kappa shape index (κ2) is 12.5. The average Bonchev–Trinajstić information content (AvgIpc) is 2.87. The van der Waals surface area contributed by atoms with Gasteiger partial charge in [0.05, 0.1) is 0 Å². The fraction of sp³-hybridized carbons (Fsp3) is 0.423. The zero-order valence-electron chi connectivity index (χ0n) is 20.7. The van der Waals surface area contributed by atoms with Crippen molar-refractivity contribution in [2.75, 3.05) is 25.0 Å². The van der Waals surface area contributed by atoms with Crippen molar-refractivity contribution in [1.29, 1.82) is 0 Å². The summed E-state index contributed by atoms with van der Waals surface area (Å²) in [6.45, 7) is -0.0125. The Bertz CT molecular complexity index is 1080. The molecule has 0 bridgehead atoms. The Morgan fingerprint density at radius 1 is 1.00 bits per heavy atom. The van der Waals surface area contributed by atoms with Crippen molar-refractivity contribution in [3.05, 3.63) is 60.2 Å². The summed E-state index contributed by atoms with van der Waals surface area (Å²) in [6, 6.07) is 14.5. The van der Waals surface area contributed by atoms with Crippen LogP contribution in [0.5, 0.6) is 5.75 Å². The highest BCUT2D eigenvalue weighted by atomic mass is 19.4. The number of alkyl halides is 3. The predicted octanol–water partition coefficient (Wildman–Crippen LogP) is 3.66. The maximum atomic E-state index is 13.6. The number of aliphatic imine (C=N–C) groups is 1.